The minimum Gasteiger partial charge on any atom is -0.395 e. The number of rotatable bonds is 4. The summed E-state index contributed by atoms with van der Waals surface area (Å²) >= 11 is -0.134. The van der Waals surface area contributed by atoms with Crippen LogP contribution in [0.3, 0.4) is 0 Å². The zero-order valence-electron chi connectivity index (χ0n) is 8.14. The molecule has 0 saturated carbocycles. The quantitative estimate of drug-likeness (QED) is 0.492. The first-order valence-electron chi connectivity index (χ1n) is 4.38. The maximum absolute atomic E-state index is 12.9. The van der Waals surface area contributed by atoms with Crippen molar-refractivity contribution >= 4 is 23.1 Å². The lowest BCUT2D eigenvalue weighted by Gasteiger charge is -2.10. The van der Waals surface area contributed by atoms with E-state index in [2.05, 4.69) is 5.32 Å². The Morgan fingerprint density at radius 2 is 2.00 bits per heavy atom. The van der Waals surface area contributed by atoms with Gasteiger partial charge >= 0.3 is 5.51 Å². The van der Waals surface area contributed by atoms with Gasteiger partial charge in [0.15, 0.2) is 0 Å². The van der Waals surface area contributed by atoms with Crippen molar-refractivity contribution in [2.45, 2.75) is 5.51 Å². The molecule has 0 aliphatic carbocycles. The first-order valence-corrected chi connectivity index (χ1v) is 5.37. The van der Waals surface area contributed by atoms with E-state index in [-0.39, 0.29) is 29.7 Å². The summed E-state index contributed by atoms with van der Waals surface area (Å²) in [6.45, 7) is 0.0673. The third-order valence-corrected chi connectivity index (χ3v) is 2.47. The molecule has 1 aromatic rings. The molecule has 16 heavy (non-hydrogen) atoms. The van der Waals surface area contributed by atoms with Crippen LogP contribution in [-0.2, 0) is 0 Å². The highest BCUT2D eigenvalue weighted by Gasteiger charge is 2.27. The molecular weight excluding hydrogens is 244 g/mol. The first-order chi connectivity index (χ1) is 7.40. The Labute approximate surface area is 94.2 Å². The minimum atomic E-state index is -4.24. The summed E-state index contributed by atoms with van der Waals surface area (Å²) in [5.74, 6) is -0.743. The van der Waals surface area contributed by atoms with Crippen molar-refractivity contribution in [2.24, 2.45) is 0 Å². The average molecular weight is 254 g/mol. The molecule has 0 bridgehead atoms. The van der Waals surface area contributed by atoms with Crippen molar-refractivity contribution in [3.8, 4) is 0 Å². The van der Waals surface area contributed by atoms with Crippen LogP contribution in [-0.4, -0.2) is 17.8 Å². The zero-order valence-corrected chi connectivity index (χ0v) is 8.96. The molecule has 0 spiro atoms. The van der Waals surface area contributed by atoms with Crippen LogP contribution in [0.1, 0.15) is 0 Å². The SMILES string of the molecule is Nc1c(F)cccc1NCCSC(F)(F)F. The summed E-state index contributed by atoms with van der Waals surface area (Å²) in [6.07, 6.45) is 0. The van der Waals surface area contributed by atoms with E-state index in [1.165, 1.54) is 18.2 Å². The van der Waals surface area contributed by atoms with Crippen LogP contribution in [0.25, 0.3) is 0 Å². The van der Waals surface area contributed by atoms with Crippen LogP contribution in [0.15, 0.2) is 18.2 Å². The van der Waals surface area contributed by atoms with E-state index in [1.54, 1.807) is 0 Å². The van der Waals surface area contributed by atoms with E-state index in [9.17, 15) is 17.6 Å². The van der Waals surface area contributed by atoms with Gasteiger partial charge in [0.1, 0.15) is 5.82 Å². The maximum Gasteiger partial charge on any atom is 0.441 e. The fourth-order valence-corrected chi connectivity index (χ4v) is 1.48. The van der Waals surface area contributed by atoms with Gasteiger partial charge in [-0.05, 0) is 23.9 Å². The van der Waals surface area contributed by atoms with Crippen molar-refractivity contribution in [2.75, 3.05) is 23.3 Å². The molecule has 0 aliphatic rings. The summed E-state index contributed by atoms with van der Waals surface area (Å²) in [6, 6.07) is 4.13. The summed E-state index contributed by atoms with van der Waals surface area (Å²) in [4.78, 5) is 0. The summed E-state index contributed by atoms with van der Waals surface area (Å²) < 4.78 is 48.3. The molecule has 0 radical (unpaired) electrons. The molecule has 1 aromatic carbocycles. The monoisotopic (exact) mass is 254 g/mol. The fraction of sp³-hybridized carbons (Fsp3) is 0.333. The maximum atomic E-state index is 12.9. The van der Waals surface area contributed by atoms with E-state index < -0.39 is 11.3 Å². The molecule has 7 heteroatoms. The van der Waals surface area contributed by atoms with Gasteiger partial charge in [0.2, 0.25) is 0 Å². The standard InChI is InChI=1S/C9H10F4N2S/c10-6-2-1-3-7(8(6)14)15-4-5-16-9(11,12)13/h1-3,15H,4-5,14H2. The smallest absolute Gasteiger partial charge is 0.395 e. The van der Waals surface area contributed by atoms with Crippen molar-refractivity contribution in [3.05, 3.63) is 24.0 Å². The van der Waals surface area contributed by atoms with E-state index in [4.69, 9.17) is 5.73 Å². The highest BCUT2D eigenvalue weighted by Crippen LogP contribution is 2.30. The Kier molecular flexibility index (Phi) is 4.28. The van der Waals surface area contributed by atoms with Crippen LogP contribution >= 0.6 is 11.8 Å². The predicted octanol–water partition coefficient (Wildman–Crippen LogP) is 3.07. The Morgan fingerprint density at radius 1 is 1.31 bits per heavy atom. The van der Waals surface area contributed by atoms with Gasteiger partial charge in [-0.3, -0.25) is 0 Å². The summed E-state index contributed by atoms with van der Waals surface area (Å²) in [5.41, 5.74) is 1.37. The molecule has 2 nitrogen and oxygen atoms in total. The van der Waals surface area contributed by atoms with Crippen molar-refractivity contribution in [1.29, 1.82) is 0 Å². The molecule has 0 aromatic heterocycles. The van der Waals surface area contributed by atoms with Crippen molar-refractivity contribution < 1.29 is 17.6 Å². The van der Waals surface area contributed by atoms with Gasteiger partial charge < -0.3 is 11.1 Å². The second kappa shape index (κ2) is 5.29. The van der Waals surface area contributed by atoms with Crippen LogP contribution in [0, 0.1) is 5.82 Å². The third-order valence-electron chi connectivity index (χ3n) is 1.74. The van der Waals surface area contributed by atoms with Gasteiger partial charge in [-0.2, -0.15) is 13.2 Å². The van der Waals surface area contributed by atoms with E-state index in [1.807, 2.05) is 0 Å². The Morgan fingerprint density at radius 3 is 2.62 bits per heavy atom. The molecule has 0 heterocycles. The van der Waals surface area contributed by atoms with Crippen molar-refractivity contribution in [3.63, 3.8) is 0 Å². The number of thioether (sulfide) groups is 1. The van der Waals surface area contributed by atoms with Gasteiger partial charge in [-0.1, -0.05) is 6.07 Å². The number of nitrogen functional groups attached to an aromatic ring is 1. The number of nitrogens with two attached hydrogens (primary N) is 1. The number of benzene rings is 1. The van der Waals surface area contributed by atoms with Crippen LogP contribution < -0.4 is 11.1 Å². The van der Waals surface area contributed by atoms with Gasteiger partial charge in [-0.25, -0.2) is 4.39 Å². The van der Waals surface area contributed by atoms with Gasteiger partial charge in [0.25, 0.3) is 0 Å². The molecular formula is C9H10F4N2S. The number of hydrogen-bond acceptors (Lipinski definition) is 3. The molecule has 0 saturated heterocycles. The number of para-hydroxylation sites is 1. The van der Waals surface area contributed by atoms with Gasteiger partial charge in [0, 0.05) is 12.3 Å². The molecule has 3 N–H and O–H groups in total. The number of anilines is 2. The highest BCUT2D eigenvalue weighted by atomic mass is 32.2. The molecule has 1 rings (SSSR count). The number of hydrogen-bond donors (Lipinski definition) is 2. The molecule has 0 aliphatic heterocycles. The summed E-state index contributed by atoms with van der Waals surface area (Å²) in [5, 5.41) is 2.64. The largest absolute Gasteiger partial charge is 0.441 e. The van der Waals surface area contributed by atoms with Crippen LogP contribution in [0.4, 0.5) is 28.9 Å². The highest BCUT2D eigenvalue weighted by molar-refractivity contribution is 8.00. The second-order valence-electron chi connectivity index (χ2n) is 2.92. The molecule has 0 atom stereocenters. The molecule has 0 amide bonds. The lowest BCUT2D eigenvalue weighted by atomic mass is 10.2. The Balaban J connectivity index is 2.41. The van der Waals surface area contributed by atoms with E-state index in [0.717, 1.165) is 0 Å². The van der Waals surface area contributed by atoms with E-state index in [0.29, 0.717) is 5.69 Å². The lowest BCUT2D eigenvalue weighted by Crippen LogP contribution is -2.10. The Hall–Kier alpha value is -1.11. The number of alkyl halides is 3. The van der Waals surface area contributed by atoms with Crippen LogP contribution in [0.2, 0.25) is 0 Å². The summed E-state index contributed by atoms with van der Waals surface area (Å²) in [7, 11) is 0. The molecule has 0 fully saturated rings. The number of halogens is 4. The Bertz CT molecular complexity index is 354. The fourth-order valence-electron chi connectivity index (χ4n) is 1.04. The van der Waals surface area contributed by atoms with Gasteiger partial charge in [0.05, 0.1) is 11.4 Å². The normalized spacial score (nSPS) is 11.5. The zero-order chi connectivity index (χ0) is 12.2. The van der Waals surface area contributed by atoms with Crippen molar-refractivity contribution in [1.82, 2.24) is 0 Å². The van der Waals surface area contributed by atoms with E-state index >= 15 is 0 Å². The third kappa shape index (κ3) is 4.18. The minimum absolute atomic E-state index is 0.0673. The lowest BCUT2D eigenvalue weighted by molar-refractivity contribution is -0.0327. The van der Waals surface area contributed by atoms with Crippen LogP contribution in [0.5, 0.6) is 0 Å². The number of nitrogens with one attached hydrogen (secondary N) is 1. The average Bonchev–Trinajstić information content (AvgIpc) is 2.17. The molecule has 0 unspecified atom stereocenters. The second-order valence-corrected chi connectivity index (χ2v) is 4.08. The van der Waals surface area contributed by atoms with Gasteiger partial charge in [-0.15, -0.1) is 0 Å². The first kappa shape index (κ1) is 13.0. The predicted molar refractivity (Wildman–Crippen MR) is 57.8 cm³/mol. The topological polar surface area (TPSA) is 38.0 Å². The molecule has 90 valence electrons.